The second kappa shape index (κ2) is 9.76. The van der Waals surface area contributed by atoms with Crippen LogP contribution in [0.2, 0.25) is 0 Å². The van der Waals surface area contributed by atoms with Gasteiger partial charge in [-0.05, 0) is 44.0 Å². The lowest BCUT2D eigenvalue weighted by atomic mass is 9.91. The first-order chi connectivity index (χ1) is 11.7. The number of ether oxygens (including phenoxy) is 3. The summed E-state index contributed by atoms with van der Waals surface area (Å²) < 4.78 is 38.2. The zero-order chi connectivity index (χ0) is 18.9. The van der Waals surface area contributed by atoms with Crippen LogP contribution in [-0.4, -0.2) is 31.8 Å². The molecule has 0 spiro atoms. The Kier molecular flexibility index (Phi) is 8.04. The molecule has 0 radical (unpaired) electrons. The van der Waals surface area contributed by atoms with Gasteiger partial charge < -0.3 is 14.2 Å². The molecule has 0 atom stereocenters. The first kappa shape index (κ1) is 20.6. The summed E-state index contributed by atoms with van der Waals surface area (Å²) in [6, 6.07) is 5.78. The van der Waals surface area contributed by atoms with E-state index in [0.29, 0.717) is 12.0 Å². The molecule has 0 N–H and O–H groups in total. The Balaban J connectivity index is 2.34. The Labute approximate surface area is 145 Å². The average Bonchev–Trinajstić information content (AvgIpc) is 2.57. The number of halogens is 2. The first-order valence-corrected chi connectivity index (χ1v) is 7.81. The van der Waals surface area contributed by atoms with Gasteiger partial charge in [0.2, 0.25) is 0 Å². The molecular weight excluding hydrogens is 334 g/mol. The molecule has 0 aliphatic rings. The third kappa shape index (κ3) is 7.78. The minimum atomic E-state index is -2.88. The fraction of sp³-hybridized carbons (Fsp3) is 0.444. The number of hydrogen-bond donors (Lipinski definition) is 0. The molecular formula is C18H22F2O5. The highest BCUT2D eigenvalue weighted by Gasteiger charge is 2.26. The molecule has 0 unspecified atom stereocenters. The van der Waals surface area contributed by atoms with Crippen LogP contribution in [0.15, 0.2) is 30.3 Å². The summed E-state index contributed by atoms with van der Waals surface area (Å²) in [4.78, 5) is 23.3. The van der Waals surface area contributed by atoms with Crippen LogP contribution in [-0.2, 0) is 19.1 Å². The molecule has 0 fully saturated rings. The maximum atomic E-state index is 12.0. The Morgan fingerprint density at radius 3 is 2.28 bits per heavy atom. The highest BCUT2D eigenvalue weighted by molar-refractivity contribution is 5.87. The Morgan fingerprint density at radius 2 is 1.72 bits per heavy atom. The molecule has 0 heterocycles. The van der Waals surface area contributed by atoms with Gasteiger partial charge in [0.05, 0.1) is 5.41 Å². The van der Waals surface area contributed by atoms with Gasteiger partial charge in [0.1, 0.15) is 19.0 Å². The number of alkyl halides is 2. The third-order valence-corrected chi connectivity index (χ3v) is 3.51. The SMILES string of the molecule is CCC(C)(C)C(=O)OCCOC(=O)/C=C/c1ccc(OC(F)F)cc1. The lowest BCUT2D eigenvalue weighted by Gasteiger charge is -2.20. The first-order valence-electron chi connectivity index (χ1n) is 7.81. The molecule has 0 aromatic heterocycles. The van der Waals surface area contributed by atoms with Crippen LogP contribution >= 0.6 is 0 Å². The normalized spacial score (nSPS) is 11.6. The number of hydrogen-bond acceptors (Lipinski definition) is 5. The lowest BCUT2D eigenvalue weighted by Crippen LogP contribution is -2.27. The van der Waals surface area contributed by atoms with Crippen molar-refractivity contribution in [1.82, 2.24) is 0 Å². The minimum Gasteiger partial charge on any atom is -0.462 e. The van der Waals surface area contributed by atoms with Gasteiger partial charge >= 0.3 is 18.6 Å². The summed E-state index contributed by atoms with van der Waals surface area (Å²) >= 11 is 0. The molecule has 7 heteroatoms. The fourth-order valence-electron chi connectivity index (χ4n) is 1.59. The van der Waals surface area contributed by atoms with Gasteiger partial charge in [-0.25, -0.2) is 4.79 Å². The predicted molar refractivity (Wildman–Crippen MR) is 88.1 cm³/mol. The fourth-order valence-corrected chi connectivity index (χ4v) is 1.59. The third-order valence-electron chi connectivity index (χ3n) is 3.51. The summed E-state index contributed by atoms with van der Waals surface area (Å²) in [6.07, 6.45) is 3.32. The maximum Gasteiger partial charge on any atom is 0.387 e. The van der Waals surface area contributed by atoms with E-state index in [0.717, 1.165) is 0 Å². The van der Waals surface area contributed by atoms with E-state index in [9.17, 15) is 18.4 Å². The molecule has 1 aromatic rings. The smallest absolute Gasteiger partial charge is 0.387 e. The number of carbonyl (C=O) groups is 2. The summed E-state index contributed by atoms with van der Waals surface area (Å²) in [6.45, 7) is 2.51. The number of rotatable bonds is 9. The molecule has 0 saturated heterocycles. The molecule has 0 amide bonds. The second-order valence-electron chi connectivity index (χ2n) is 5.82. The van der Waals surface area contributed by atoms with Crippen molar-refractivity contribution in [3.05, 3.63) is 35.9 Å². The van der Waals surface area contributed by atoms with Crippen LogP contribution in [0.25, 0.3) is 6.08 Å². The minimum absolute atomic E-state index is 0.0124. The zero-order valence-electron chi connectivity index (χ0n) is 14.5. The molecule has 0 bridgehead atoms. The molecule has 0 aliphatic carbocycles. The van der Waals surface area contributed by atoms with Crippen LogP contribution < -0.4 is 4.74 Å². The average molecular weight is 356 g/mol. The van der Waals surface area contributed by atoms with E-state index in [-0.39, 0.29) is 24.9 Å². The van der Waals surface area contributed by atoms with Crippen molar-refractivity contribution in [3.8, 4) is 5.75 Å². The maximum absolute atomic E-state index is 12.0. The van der Waals surface area contributed by atoms with Gasteiger partial charge in [-0.3, -0.25) is 4.79 Å². The van der Waals surface area contributed by atoms with Crippen molar-refractivity contribution in [2.24, 2.45) is 5.41 Å². The van der Waals surface area contributed by atoms with Crippen molar-refractivity contribution in [3.63, 3.8) is 0 Å². The number of carbonyl (C=O) groups excluding carboxylic acids is 2. The molecule has 25 heavy (non-hydrogen) atoms. The van der Waals surface area contributed by atoms with Crippen molar-refractivity contribution in [2.75, 3.05) is 13.2 Å². The summed E-state index contributed by atoms with van der Waals surface area (Å²) in [5.74, 6) is -0.905. The number of esters is 2. The molecule has 0 saturated carbocycles. The van der Waals surface area contributed by atoms with Crippen LogP contribution in [0, 0.1) is 5.41 Å². The van der Waals surface area contributed by atoms with Crippen LogP contribution in [0.1, 0.15) is 32.8 Å². The van der Waals surface area contributed by atoms with Crippen LogP contribution in [0.5, 0.6) is 5.75 Å². The van der Waals surface area contributed by atoms with Crippen molar-refractivity contribution < 1.29 is 32.6 Å². The largest absolute Gasteiger partial charge is 0.462 e. The Hall–Kier alpha value is -2.44. The van der Waals surface area contributed by atoms with Crippen LogP contribution in [0.3, 0.4) is 0 Å². The van der Waals surface area contributed by atoms with Gasteiger partial charge in [-0.2, -0.15) is 8.78 Å². The second-order valence-corrected chi connectivity index (χ2v) is 5.82. The van der Waals surface area contributed by atoms with E-state index in [1.807, 2.05) is 6.92 Å². The molecule has 1 rings (SSSR count). The topological polar surface area (TPSA) is 61.8 Å². The molecule has 138 valence electrons. The monoisotopic (exact) mass is 356 g/mol. The van der Waals surface area contributed by atoms with Gasteiger partial charge in [0, 0.05) is 6.08 Å². The van der Waals surface area contributed by atoms with Crippen LogP contribution in [0.4, 0.5) is 8.78 Å². The van der Waals surface area contributed by atoms with Crippen molar-refractivity contribution in [1.29, 1.82) is 0 Å². The predicted octanol–water partition coefficient (Wildman–Crippen LogP) is 3.82. The van der Waals surface area contributed by atoms with E-state index < -0.39 is 18.0 Å². The summed E-state index contributed by atoms with van der Waals surface area (Å²) in [5, 5.41) is 0. The van der Waals surface area contributed by atoms with E-state index in [1.165, 1.54) is 36.4 Å². The Morgan fingerprint density at radius 1 is 1.12 bits per heavy atom. The summed E-state index contributed by atoms with van der Waals surface area (Å²) in [7, 11) is 0. The molecule has 1 aromatic carbocycles. The van der Waals surface area contributed by atoms with Gasteiger partial charge in [-0.1, -0.05) is 19.1 Å². The highest BCUT2D eigenvalue weighted by atomic mass is 19.3. The van der Waals surface area contributed by atoms with Gasteiger partial charge in [0.25, 0.3) is 0 Å². The molecule has 5 nitrogen and oxygen atoms in total. The van der Waals surface area contributed by atoms with Crippen molar-refractivity contribution in [2.45, 2.75) is 33.8 Å². The van der Waals surface area contributed by atoms with Gasteiger partial charge in [0.15, 0.2) is 0 Å². The van der Waals surface area contributed by atoms with E-state index >= 15 is 0 Å². The van der Waals surface area contributed by atoms with Crippen molar-refractivity contribution >= 4 is 18.0 Å². The molecule has 0 aliphatic heterocycles. The Bertz CT molecular complexity index is 594. The standard InChI is InChI=1S/C18H22F2O5/c1-4-18(2,3)16(22)24-12-11-23-15(21)10-7-13-5-8-14(9-6-13)25-17(19)20/h5-10,17H,4,11-12H2,1-3H3/b10-7+. The highest BCUT2D eigenvalue weighted by Crippen LogP contribution is 2.21. The quantitative estimate of drug-likeness (QED) is 0.382. The number of benzene rings is 1. The van der Waals surface area contributed by atoms with E-state index in [4.69, 9.17) is 9.47 Å². The van der Waals surface area contributed by atoms with Gasteiger partial charge in [-0.15, -0.1) is 0 Å². The lowest BCUT2D eigenvalue weighted by molar-refractivity contribution is -0.157. The van der Waals surface area contributed by atoms with E-state index in [1.54, 1.807) is 13.8 Å². The summed E-state index contributed by atoms with van der Waals surface area (Å²) in [5.41, 5.74) is 0.0547. The van der Waals surface area contributed by atoms with E-state index in [2.05, 4.69) is 4.74 Å². The zero-order valence-corrected chi connectivity index (χ0v) is 14.5.